The van der Waals surface area contributed by atoms with Gasteiger partial charge in [0.05, 0.1) is 32.5 Å². The molecular formula is C42H63N3O15. The number of rotatable bonds is 21. The Morgan fingerprint density at radius 3 is 2.37 bits per heavy atom. The maximum atomic E-state index is 14.9. The van der Waals surface area contributed by atoms with Crippen molar-refractivity contribution in [3.63, 3.8) is 0 Å². The van der Waals surface area contributed by atoms with Crippen LogP contribution in [0.3, 0.4) is 0 Å². The lowest BCUT2D eigenvalue weighted by Crippen LogP contribution is -2.71. The van der Waals surface area contributed by atoms with Gasteiger partial charge in [0, 0.05) is 25.8 Å². The minimum atomic E-state index is -1.64. The average Bonchev–Trinajstić information content (AvgIpc) is 3.79. The van der Waals surface area contributed by atoms with Crippen molar-refractivity contribution in [1.82, 2.24) is 15.7 Å². The number of carbonyl (C=O) groups is 3. The molecule has 1 aromatic carbocycles. The van der Waals surface area contributed by atoms with Crippen molar-refractivity contribution in [1.29, 1.82) is 0 Å². The number of hydrogen-bond acceptors (Lipinski definition) is 16. The summed E-state index contributed by atoms with van der Waals surface area (Å²) in [4.78, 5) is 49.1. The van der Waals surface area contributed by atoms with Crippen molar-refractivity contribution in [3.05, 3.63) is 41.5 Å². The zero-order chi connectivity index (χ0) is 43.2. The molecule has 13 atom stereocenters. The molecule has 13 unspecified atom stereocenters. The third kappa shape index (κ3) is 9.45. The second-order valence-corrected chi connectivity index (χ2v) is 16.6. The zero-order valence-corrected chi connectivity index (χ0v) is 34.6. The molecule has 5 fully saturated rings. The van der Waals surface area contributed by atoms with Gasteiger partial charge in [0.1, 0.15) is 60.3 Å². The van der Waals surface area contributed by atoms with Crippen molar-refractivity contribution < 1.29 is 73.5 Å². The van der Waals surface area contributed by atoms with E-state index >= 15 is 0 Å². The van der Waals surface area contributed by atoms with Crippen LogP contribution in [0.5, 0.6) is 0 Å². The van der Waals surface area contributed by atoms with Crippen molar-refractivity contribution in [2.75, 3.05) is 26.4 Å². The van der Waals surface area contributed by atoms with Gasteiger partial charge in [0.2, 0.25) is 11.8 Å². The molecule has 8 N–H and O–H groups in total. The Morgan fingerprint density at radius 2 is 1.70 bits per heavy atom. The average molecular weight is 850 g/mol. The lowest BCUT2D eigenvalue weighted by atomic mass is 9.62. The van der Waals surface area contributed by atoms with Gasteiger partial charge in [0.25, 0.3) is 0 Å². The number of benzene rings is 1. The molecule has 2 amide bonds. The van der Waals surface area contributed by atoms with Crippen LogP contribution in [0.1, 0.15) is 89.7 Å². The quantitative estimate of drug-likeness (QED) is 0.0595. The summed E-state index contributed by atoms with van der Waals surface area (Å²) in [7, 11) is 0. The number of amides is 2. The summed E-state index contributed by atoms with van der Waals surface area (Å²) in [6.45, 7) is 4.46. The van der Waals surface area contributed by atoms with E-state index < -0.39 is 109 Å². The number of hydroxylamine groups is 2. The lowest BCUT2D eigenvalue weighted by Gasteiger charge is -2.49. The summed E-state index contributed by atoms with van der Waals surface area (Å²) < 4.78 is 31.0. The second-order valence-electron chi connectivity index (χ2n) is 16.6. The first kappa shape index (κ1) is 46.4. The van der Waals surface area contributed by atoms with Crippen LogP contribution < -0.4 is 10.6 Å². The summed E-state index contributed by atoms with van der Waals surface area (Å²) >= 11 is 0. The number of unbranched alkanes of at least 4 members (excludes halogenated alkanes) is 4. The van der Waals surface area contributed by atoms with E-state index in [0.29, 0.717) is 24.0 Å². The lowest BCUT2D eigenvalue weighted by molar-refractivity contribution is -0.298. The van der Waals surface area contributed by atoms with Crippen LogP contribution in [0.25, 0.3) is 6.08 Å². The molecule has 4 saturated heterocycles. The first-order chi connectivity index (χ1) is 28.8. The first-order valence-electron chi connectivity index (χ1n) is 21.4. The fourth-order valence-electron chi connectivity index (χ4n) is 9.21. The van der Waals surface area contributed by atoms with Crippen LogP contribution >= 0.6 is 0 Å². The molecule has 0 radical (unpaired) electrons. The van der Waals surface area contributed by atoms with Gasteiger partial charge < -0.3 is 65.0 Å². The molecule has 1 aliphatic carbocycles. The van der Waals surface area contributed by atoms with Crippen LogP contribution in [0.15, 0.2) is 30.3 Å². The van der Waals surface area contributed by atoms with Crippen LogP contribution in [0, 0.1) is 5.41 Å². The number of aliphatic hydroxyl groups excluding tert-OH is 6. The van der Waals surface area contributed by atoms with Crippen molar-refractivity contribution in [2.24, 2.45) is 5.41 Å². The van der Waals surface area contributed by atoms with E-state index in [-0.39, 0.29) is 32.7 Å². The summed E-state index contributed by atoms with van der Waals surface area (Å²) in [5.74, 6) is -3.10. The van der Waals surface area contributed by atoms with Gasteiger partial charge in [-0.2, -0.15) is 5.06 Å². The van der Waals surface area contributed by atoms with Crippen molar-refractivity contribution in [3.8, 4) is 0 Å². The predicted octanol–water partition coefficient (Wildman–Crippen LogP) is -0.0688. The Hall–Kier alpha value is -3.11. The maximum absolute atomic E-state index is 14.9. The molecule has 1 aromatic rings. The standard InChI is InChI=1S/C42H63N3O15/c1-4-6-10-16-41(17-11-7-5-2)58-33-27-21-42(40(54)44-29(24(3)48)37(52)43-18-19-46)35(38(53)56-27)45(60-36(42)34(33)59-41)22-26-14-9-8-13-25(26)15-12-20-55-39-32(51)31(50)30(49)28(23-47)57-39/h8-9,12-15,24,27-36,39,46-51H,4-7,10-11,16-23H2,1-3H3,(H,43,52)(H,44,54). The monoisotopic (exact) mass is 849 g/mol. The molecule has 18 nitrogen and oxygen atoms in total. The summed E-state index contributed by atoms with van der Waals surface area (Å²) in [6.07, 6.45) is -1.74. The summed E-state index contributed by atoms with van der Waals surface area (Å²) in [6, 6.07) is 4.56. The predicted molar refractivity (Wildman–Crippen MR) is 211 cm³/mol. The fraction of sp³-hybridized carbons (Fsp3) is 0.738. The van der Waals surface area contributed by atoms with Crippen LogP contribution in [-0.4, -0.2) is 159 Å². The van der Waals surface area contributed by atoms with Gasteiger partial charge in [-0.25, -0.2) is 0 Å². The zero-order valence-electron chi connectivity index (χ0n) is 34.6. The number of esters is 1. The molecule has 4 aliphatic heterocycles. The van der Waals surface area contributed by atoms with Gasteiger partial charge >= 0.3 is 5.97 Å². The van der Waals surface area contributed by atoms with Gasteiger partial charge in [-0.3, -0.25) is 19.2 Å². The van der Waals surface area contributed by atoms with Crippen molar-refractivity contribution >= 4 is 23.9 Å². The van der Waals surface area contributed by atoms with E-state index in [2.05, 4.69) is 24.5 Å². The molecule has 4 heterocycles. The Morgan fingerprint density at radius 1 is 1.00 bits per heavy atom. The molecule has 0 aromatic heterocycles. The molecule has 6 rings (SSSR count). The highest BCUT2D eigenvalue weighted by atomic mass is 16.8. The topological polar surface area (TPSA) is 255 Å². The van der Waals surface area contributed by atoms with E-state index in [1.807, 2.05) is 18.2 Å². The van der Waals surface area contributed by atoms with Gasteiger partial charge in [0.15, 0.2) is 18.1 Å². The van der Waals surface area contributed by atoms with Gasteiger partial charge in [-0.15, -0.1) is 0 Å². The molecular weight excluding hydrogens is 786 g/mol. The largest absolute Gasteiger partial charge is 0.458 e. The smallest absolute Gasteiger partial charge is 0.327 e. The van der Waals surface area contributed by atoms with Crippen LogP contribution in [0.2, 0.25) is 0 Å². The number of aliphatic hydroxyl groups is 6. The van der Waals surface area contributed by atoms with Gasteiger partial charge in [-0.05, 0) is 30.9 Å². The first-order valence-corrected chi connectivity index (χ1v) is 21.4. The molecule has 5 aliphatic rings. The minimum Gasteiger partial charge on any atom is -0.458 e. The Kier molecular flexibility index (Phi) is 15.8. The van der Waals surface area contributed by atoms with Crippen LogP contribution in [-0.2, 0) is 49.5 Å². The van der Waals surface area contributed by atoms with E-state index in [1.165, 1.54) is 12.0 Å². The highest BCUT2D eigenvalue weighted by molar-refractivity contribution is 5.96. The highest BCUT2D eigenvalue weighted by Gasteiger charge is 2.76. The third-order valence-electron chi connectivity index (χ3n) is 12.3. The SMILES string of the molecule is CCCCCC1(CCCCC)OC2C3CC4(C(=O)NC(C(=O)NCCO)C(C)O)C(ON(Cc5ccccc5C=CCOC5OC(CO)C(O)C(O)C5O)C4C(=O)O3)C2O1. The van der Waals surface area contributed by atoms with E-state index in [0.717, 1.165) is 38.5 Å². The molecule has 1 saturated carbocycles. The normalized spacial score (nSPS) is 34.2. The Balaban J connectivity index is 1.29. The van der Waals surface area contributed by atoms with Crippen molar-refractivity contribution in [2.45, 2.75) is 164 Å². The third-order valence-corrected chi connectivity index (χ3v) is 12.3. The number of ether oxygens (including phenoxy) is 5. The number of nitrogens with one attached hydrogen (secondary N) is 2. The number of carbonyl (C=O) groups excluding carboxylic acids is 3. The summed E-state index contributed by atoms with van der Waals surface area (Å²) in [5, 5.41) is 66.8. The van der Waals surface area contributed by atoms with E-state index in [1.54, 1.807) is 18.2 Å². The number of fused-ring (bicyclic) bond motifs is 4. The molecule has 60 heavy (non-hydrogen) atoms. The Labute approximate surface area is 350 Å². The number of hydrogen-bond donors (Lipinski definition) is 8. The Bertz CT molecular complexity index is 1640. The summed E-state index contributed by atoms with van der Waals surface area (Å²) in [5.41, 5.74) is -0.264. The molecule has 336 valence electrons. The maximum Gasteiger partial charge on any atom is 0.327 e. The molecule has 2 bridgehead atoms. The molecule has 18 heteroatoms. The number of nitrogens with zero attached hydrogens (tertiary/aromatic N) is 1. The van der Waals surface area contributed by atoms with Crippen LogP contribution in [0.4, 0.5) is 0 Å². The molecule has 0 spiro atoms. The highest BCUT2D eigenvalue weighted by Crippen LogP contribution is 2.58. The van der Waals surface area contributed by atoms with E-state index in [4.69, 9.17) is 28.5 Å². The second kappa shape index (κ2) is 20.4. The van der Waals surface area contributed by atoms with Gasteiger partial charge in [-0.1, -0.05) is 75.9 Å². The fourth-order valence-corrected chi connectivity index (χ4v) is 9.21. The minimum absolute atomic E-state index is 0.00254. The van der Waals surface area contributed by atoms with E-state index in [9.17, 15) is 45.0 Å².